The molecule has 1 saturated heterocycles. The molecule has 1 aromatic carbocycles. The van der Waals surface area contributed by atoms with Crippen LogP contribution in [0.1, 0.15) is 48.4 Å². The minimum absolute atomic E-state index is 0.0288. The third-order valence-corrected chi connectivity index (χ3v) is 5.82. The van der Waals surface area contributed by atoms with Crippen LogP contribution in [0.25, 0.3) is 0 Å². The molecule has 3 heterocycles. The molecule has 2 aliphatic heterocycles. The maximum atomic E-state index is 13.2. The SMILES string of the molecule is CC(C)C(=O)Nc1cc(C#N)ccc1C1C=C2C(=O)N(CNC(=O)c3cnccn3)CC(C)N2N1. The van der Waals surface area contributed by atoms with Crippen LogP contribution in [-0.4, -0.2) is 56.9 Å². The number of nitrogens with one attached hydrogen (secondary N) is 3. The second kappa shape index (κ2) is 9.90. The van der Waals surface area contributed by atoms with Crippen LogP contribution in [0.2, 0.25) is 0 Å². The van der Waals surface area contributed by atoms with Gasteiger partial charge < -0.3 is 15.5 Å². The molecular weight excluding hydrogens is 448 g/mol. The molecule has 11 nitrogen and oxygen atoms in total. The Balaban J connectivity index is 1.53. The monoisotopic (exact) mass is 474 g/mol. The van der Waals surface area contributed by atoms with Crippen molar-refractivity contribution in [2.45, 2.75) is 32.9 Å². The molecule has 0 saturated carbocycles. The highest BCUT2D eigenvalue weighted by Crippen LogP contribution is 2.34. The summed E-state index contributed by atoms with van der Waals surface area (Å²) < 4.78 is 0. The van der Waals surface area contributed by atoms with Crippen LogP contribution < -0.4 is 16.1 Å². The minimum atomic E-state index is -0.416. The number of aromatic nitrogens is 2. The first-order chi connectivity index (χ1) is 16.8. The number of anilines is 1. The molecular formula is C24H26N8O3. The Kier molecular flexibility index (Phi) is 6.75. The molecule has 180 valence electrons. The zero-order valence-corrected chi connectivity index (χ0v) is 19.6. The molecule has 1 fully saturated rings. The number of piperazine rings is 1. The molecule has 2 atom stereocenters. The number of rotatable bonds is 6. The fraction of sp³-hybridized carbons (Fsp3) is 0.333. The van der Waals surface area contributed by atoms with Crippen molar-refractivity contribution in [1.29, 1.82) is 5.26 Å². The summed E-state index contributed by atoms with van der Waals surface area (Å²) in [6.45, 7) is 5.96. The topological polar surface area (TPSA) is 143 Å². The Morgan fingerprint density at radius 2 is 2.11 bits per heavy atom. The largest absolute Gasteiger partial charge is 0.333 e. The molecule has 4 rings (SSSR count). The molecule has 3 amide bonds. The minimum Gasteiger partial charge on any atom is -0.333 e. The van der Waals surface area contributed by atoms with Crippen LogP contribution >= 0.6 is 0 Å². The van der Waals surface area contributed by atoms with Gasteiger partial charge in [-0.3, -0.25) is 24.4 Å². The summed E-state index contributed by atoms with van der Waals surface area (Å²) in [5, 5.41) is 16.7. The molecule has 0 spiro atoms. The van der Waals surface area contributed by atoms with Crippen molar-refractivity contribution in [3.8, 4) is 6.07 Å². The summed E-state index contributed by atoms with van der Waals surface area (Å²) in [6, 6.07) is 6.71. The predicted molar refractivity (Wildman–Crippen MR) is 126 cm³/mol. The van der Waals surface area contributed by atoms with E-state index >= 15 is 0 Å². The average Bonchev–Trinajstić information content (AvgIpc) is 3.31. The Hall–Kier alpha value is -4.30. The van der Waals surface area contributed by atoms with Gasteiger partial charge in [0.05, 0.1) is 36.6 Å². The number of hydrazine groups is 1. The zero-order valence-electron chi connectivity index (χ0n) is 19.6. The van der Waals surface area contributed by atoms with Gasteiger partial charge in [0.1, 0.15) is 11.4 Å². The summed E-state index contributed by atoms with van der Waals surface area (Å²) in [4.78, 5) is 47.3. The van der Waals surface area contributed by atoms with Crippen LogP contribution in [0.3, 0.4) is 0 Å². The van der Waals surface area contributed by atoms with Crippen LogP contribution in [-0.2, 0) is 9.59 Å². The van der Waals surface area contributed by atoms with Crippen molar-refractivity contribution in [2.75, 3.05) is 18.5 Å². The Morgan fingerprint density at radius 1 is 1.31 bits per heavy atom. The van der Waals surface area contributed by atoms with Crippen molar-refractivity contribution >= 4 is 23.4 Å². The van der Waals surface area contributed by atoms with Gasteiger partial charge in [-0.2, -0.15) is 5.26 Å². The molecule has 11 heteroatoms. The van der Waals surface area contributed by atoms with E-state index in [0.29, 0.717) is 23.5 Å². The van der Waals surface area contributed by atoms with E-state index < -0.39 is 5.91 Å². The molecule has 2 aromatic rings. The number of carbonyl (C=O) groups excluding carboxylic acids is 3. The molecule has 3 N–H and O–H groups in total. The maximum absolute atomic E-state index is 13.2. The number of fused-ring (bicyclic) bond motifs is 1. The third-order valence-electron chi connectivity index (χ3n) is 5.82. The second-order valence-electron chi connectivity index (χ2n) is 8.72. The summed E-state index contributed by atoms with van der Waals surface area (Å²) in [6.07, 6.45) is 6.06. The number of amides is 3. The van der Waals surface area contributed by atoms with Crippen molar-refractivity contribution in [1.82, 2.24) is 30.6 Å². The van der Waals surface area contributed by atoms with Gasteiger partial charge in [-0.25, -0.2) is 10.4 Å². The highest BCUT2D eigenvalue weighted by molar-refractivity contribution is 5.96. The standard InChI is InChI=1S/C24H26N8O3/c1-14(2)22(33)29-18-8-16(10-25)4-5-17(18)19-9-21-24(35)31(12-15(3)32(21)30-19)13-28-23(34)20-11-26-6-7-27-20/h4-9,11,14-15,19,30H,12-13H2,1-3H3,(H,28,34)(H,29,33). The smallest absolute Gasteiger partial charge is 0.272 e. The van der Waals surface area contributed by atoms with Gasteiger partial charge in [-0.1, -0.05) is 19.9 Å². The number of benzene rings is 1. The predicted octanol–water partition coefficient (Wildman–Crippen LogP) is 1.31. The summed E-state index contributed by atoms with van der Waals surface area (Å²) in [5.74, 6) is -1.05. The van der Waals surface area contributed by atoms with Crippen LogP contribution in [0, 0.1) is 17.2 Å². The normalized spacial score (nSPS) is 19.2. The molecule has 0 bridgehead atoms. The lowest BCUT2D eigenvalue weighted by atomic mass is 10.0. The van der Waals surface area contributed by atoms with E-state index in [0.717, 1.165) is 5.56 Å². The number of nitriles is 1. The Labute approximate surface area is 202 Å². The lowest BCUT2D eigenvalue weighted by Gasteiger charge is -2.39. The van der Waals surface area contributed by atoms with Crippen LogP contribution in [0.15, 0.2) is 48.6 Å². The first-order valence-corrected chi connectivity index (χ1v) is 11.2. The van der Waals surface area contributed by atoms with E-state index in [9.17, 15) is 19.6 Å². The molecule has 2 unspecified atom stereocenters. The summed E-state index contributed by atoms with van der Waals surface area (Å²) >= 11 is 0. The first-order valence-electron chi connectivity index (χ1n) is 11.2. The van der Waals surface area contributed by atoms with Crippen LogP contribution in [0.5, 0.6) is 0 Å². The van der Waals surface area contributed by atoms with Gasteiger partial charge in [0.15, 0.2) is 0 Å². The number of hydrogen-bond acceptors (Lipinski definition) is 8. The second-order valence-corrected chi connectivity index (χ2v) is 8.72. The number of carbonyl (C=O) groups is 3. The third kappa shape index (κ3) is 4.97. The fourth-order valence-corrected chi connectivity index (χ4v) is 3.93. The Bertz CT molecular complexity index is 1220. The lowest BCUT2D eigenvalue weighted by molar-refractivity contribution is -0.134. The highest BCUT2D eigenvalue weighted by Gasteiger charge is 2.39. The van der Waals surface area contributed by atoms with Gasteiger partial charge in [-0.05, 0) is 30.7 Å². The summed E-state index contributed by atoms with van der Waals surface area (Å²) in [5.41, 5.74) is 5.64. The van der Waals surface area contributed by atoms with E-state index in [1.807, 2.05) is 6.92 Å². The van der Waals surface area contributed by atoms with E-state index in [2.05, 4.69) is 32.1 Å². The fourth-order valence-electron chi connectivity index (χ4n) is 3.93. The van der Waals surface area contributed by atoms with Gasteiger partial charge >= 0.3 is 0 Å². The zero-order chi connectivity index (χ0) is 25.1. The van der Waals surface area contributed by atoms with Crippen molar-refractivity contribution < 1.29 is 14.4 Å². The maximum Gasteiger partial charge on any atom is 0.272 e. The quantitative estimate of drug-likeness (QED) is 0.569. The van der Waals surface area contributed by atoms with Gasteiger partial charge in [0.25, 0.3) is 11.8 Å². The number of nitrogens with zero attached hydrogens (tertiary/aromatic N) is 5. The average molecular weight is 475 g/mol. The van der Waals surface area contributed by atoms with E-state index in [4.69, 9.17) is 0 Å². The number of hydrogen-bond donors (Lipinski definition) is 3. The van der Waals surface area contributed by atoms with E-state index in [-0.39, 0.29) is 42.2 Å². The highest BCUT2D eigenvalue weighted by atomic mass is 16.2. The molecule has 0 aliphatic carbocycles. The van der Waals surface area contributed by atoms with Crippen molar-refractivity contribution in [2.24, 2.45) is 5.92 Å². The van der Waals surface area contributed by atoms with Gasteiger partial charge in [0, 0.05) is 30.5 Å². The van der Waals surface area contributed by atoms with Gasteiger partial charge in [-0.15, -0.1) is 0 Å². The molecule has 0 radical (unpaired) electrons. The van der Waals surface area contributed by atoms with Crippen molar-refractivity contribution in [3.63, 3.8) is 0 Å². The lowest BCUT2D eigenvalue weighted by Crippen LogP contribution is -2.57. The molecule has 2 aliphatic rings. The van der Waals surface area contributed by atoms with Crippen LogP contribution in [0.4, 0.5) is 5.69 Å². The van der Waals surface area contributed by atoms with Crippen molar-refractivity contribution in [3.05, 3.63) is 65.4 Å². The Morgan fingerprint density at radius 3 is 2.80 bits per heavy atom. The van der Waals surface area contributed by atoms with E-state index in [1.54, 1.807) is 48.0 Å². The molecule has 1 aromatic heterocycles. The first kappa shape index (κ1) is 23.8. The van der Waals surface area contributed by atoms with E-state index in [1.165, 1.54) is 18.6 Å². The molecule has 35 heavy (non-hydrogen) atoms. The summed E-state index contributed by atoms with van der Waals surface area (Å²) in [7, 11) is 0. The van der Waals surface area contributed by atoms with Gasteiger partial charge in [0.2, 0.25) is 5.91 Å².